The number of thiazole rings is 1. The Kier molecular flexibility index (Phi) is 4.94. The second kappa shape index (κ2) is 6.91. The Hall–Kier alpha value is -0.900. The SMILES string of the molecule is CC1CCCCN1Cc1ccc(-c2nc(CCl)cs2)cc1. The highest BCUT2D eigenvalue weighted by atomic mass is 35.5. The first-order valence-electron chi connectivity index (χ1n) is 7.60. The fourth-order valence-corrected chi connectivity index (χ4v) is 3.93. The summed E-state index contributed by atoms with van der Waals surface area (Å²) in [6.45, 7) is 4.64. The van der Waals surface area contributed by atoms with Crippen LogP contribution in [0.2, 0.25) is 0 Å². The quantitative estimate of drug-likeness (QED) is 0.743. The zero-order valence-electron chi connectivity index (χ0n) is 12.4. The van der Waals surface area contributed by atoms with Crippen LogP contribution in [0, 0.1) is 0 Å². The normalized spacial score (nSPS) is 19.8. The molecule has 0 radical (unpaired) electrons. The van der Waals surface area contributed by atoms with E-state index >= 15 is 0 Å². The Morgan fingerprint density at radius 2 is 2.10 bits per heavy atom. The fourth-order valence-electron chi connectivity index (χ4n) is 2.88. The van der Waals surface area contributed by atoms with Crippen molar-refractivity contribution in [3.8, 4) is 10.6 Å². The number of halogens is 1. The number of likely N-dealkylation sites (tertiary alicyclic amines) is 1. The third kappa shape index (κ3) is 3.65. The summed E-state index contributed by atoms with van der Waals surface area (Å²) in [5.74, 6) is 0.488. The van der Waals surface area contributed by atoms with Gasteiger partial charge in [-0.2, -0.15) is 0 Å². The summed E-state index contributed by atoms with van der Waals surface area (Å²) in [5.41, 5.74) is 3.54. The molecule has 1 aliphatic rings. The molecule has 112 valence electrons. The largest absolute Gasteiger partial charge is 0.296 e. The van der Waals surface area contributed by atoms with Crippen molar-refractivity contribution in [3.63, 3.8) is 0 Å². The maximum Gasteiger partial charge on any atom is 0.123 e. The van der Waals surface area contributed by atoms with Gasteiger partial charge in [-0.05, 0) is 31.9 Å². The summed E-state index contributed by atoms with van der Waals surface area (Å²) in [7, 11) is 0. The van der Waals surface area contributed by atoms with Gasteiger partial charge in [0.15, 0.2) is 0 Å². The molecular weight excluding hydrogens is 300 g/mol. The third-order valence-corrected chi connectivity index (χ3v) is 5.43. The highest BCUT2D eigenvalue weighted by Gasteiger charge is 2.18. The van der Waals surface area contributed by atoms with E-state index in [0.717, 1.165) is 17.2 Å². The number of alkyl halides is 1. The lowest BCUT2D eigenvalue weighted by atomic mass is 10.0. The summed E-state index contributed by atoms with van der Waals surface area (Å²) < 4.78 is 0. The molecule has 1 unspecified atom stereocenters. The van der Waals surface area contributed by atoms with Crippen molar-refractivity contribution in [2.75, 3.05) is 6.54 Å². The summed E-state index contributed by atoms with van der Waals surface area (Å²) >= 11 is 7.48. The van der Waals surface area contributed by atoms with Gasteiger partial charge in [0, 0.05) is 23.5 Å². The van der Waals surface area contributed by atoms with E-state index in [1.807, 2.05) is 5.38 Å². The van der Waals surface area contributed by atoms with Crippen molar-refractivity contribution in [1.29, 1.82) is 0 Å². The van der Waals surface area contributed by atoms with Crippen LogP contribution in [0.3, 0.4) is 0 Å². The lowest BCUT2D eigenvalue weighted by Crippen LogP contribution is -2.36. The van der Waals surface area contributed by atoms with Crippen molar-refractivity contribution in [2.45, 2.75) is 44.7 Å². The van der Waals surface area contributed by atoms with Gasteiger partial charge in [0.2, 0.25) is 0 Å². The van der Waals surface area contributed by atoms with Crippen LogP contribution in [0.1, 0.15) is 37.4 Å². The zero-order chi connectivity index (χ0) is 14.7. The monoisotopic (exact) mass is 320 g/mol. The molecule has 1 fully saturated rings. The van der Waals surface area contributed by atoms with Gasteiger partial charge in [0.25, 0.3) is 0 Å². The Morgan fingerprint density at radius 1 is 1.29 bits per heavy atom. The van der Waals surface area contributed by atoms with Crippen LogP contribution in [-0.2, 0) is 12.4 Å². The second-order valence-corrected chi connectivity index (χ2v) is 6.92. The minimum atomic E-state index is 0.488. The predicted octanol–water partition coefficient (Wildman–Crippen LogP) is 4.92. The predicted molar refractivity (Wildman–Crippen MR) is 90.8 cm³/mol. The molecule has 0 amide bonds. The molecule has 0 aliphatic carbocycles. The number of nitrogens with zero attached hydrogens (tertiary/aromatic N) is 2. The minimum Gasteiger partial charge on any atom is -0.296 e. The van der Waals surface area contributed by atoms with Gasteiger partial charge in [0.1, 0.15) is 5.01 Å². The topological polar surface area (TPSA) is 16.1 Å². The second-order valence-electron chi connectivity index (χ2n) is 5.79. The highest BCUT2D eigenvalue weighted by molar-refractivity contribution is 7.13. The summed E-state index contributed by atoms with van der Waals surface area (Å²) in [6, 6.07) is 9.54. The van der Waals surface area contributed by atoms with E-state index in [4.69, 9.17) is 11.6 Å². The first kappa shape index (κ1) is 15.0. The lowest BCUT2D eigenvalue weighted by molar-refractivity contribution is 0.152. The first-order valence-corrected chi connectivity index (χ1v) is 9.01. The van der Waals surface area contributed by atoms with E-state index in [2.05, 4.69) is 41.1 Å². The van der Waals surface area contributed by atoms with Crippen molar-refractivity contribution < 1.29 is 0 Å². The lowest BCUT2D eigenvalue weighted by Gasteiger charge is -2.33. The number of aromatic nitrogens is 1. The molecule has 1 aliphatic heterocycles. The molecule has 0 N–H and O–H groups in total. The molecule has 1 saturated heterocycles. The summed E-state index contributed by atoms with van der Waals surface area (Å²) in [4.78, 5) is 7.12. The van der Waals surface area contributed by atoms with Crippen molar-refractivity contribution in [1.82, 2.24) is 9.88 Å². The molecule has 1 aromatic heterocycles. The van der Waals surface area contributed by atoms with E-state index in [1.54, 1.807) is 11.3 Å². The van der Waals surface area contributed by atoms with Gasteiger partial charge < -0.3 is 0 Å². The van der Waals surface area contributed by atoms with Gasteiger partial charge in [-0.25, -0.2) is 4.98 Å². The van der Waals surface area contributed by atoms with E-state index < -0.39 is 0 Å². The minimum absolute atomic E-state index is 0.488. The molecule has 2 heterocycles. The van der Waals surface area contributed by atoms with E-state index in [9.17, 15) is 0 Å². The number of rotatable bonds is 4. The molecule has 3 rings (SSSR count). The number of benzene rings is 1. The maximum absolute atomic E-state index is 5.81. The van der Waals surface area contributed by atoms with Crippen molar-refractivity contribution in [2.24, 2.45) is 0 Å². The van der Waals surface area contributed by atoms with E-state index in [0.29, 0.717) is 11.9 Å². The van der Waals surface area contributed by atoms with Gasteiger partial charge in [-0.1, -0.05) is 30.7 Å². The van der Waals surface area contributed by atoms with Crippen LogP contribution in [-0.4, -0.2) is 22.5 Å². The average molecular weight is 321 g/mol. The summed E-state index contributed by atoms with van der Waals surface area (Å²) in [5, 5.41) is 3.09. The van der Waals surface area contributed by atoms with Gasteiger partial charge in [-0.3, -0.25) is 4.90 Å². The Labute approximate surface area is 135 Å². The molecule has 1 aromatic carbocycles. The number of piperidine rings is 1. The van der Waals surface area contributed by atoms with Gasteiger partial charge in [-0.15, -0.1) is 22.9 Å². The molecule has 21 heavy (non-hydrogen) atoms. The Balaban J connectivity index is 1.68. The third-order valence-electron chi connectivity index (χ3n) is 4.22. The molecule has 0 saturated carbocycles. The van der Waals surface area contributed by atoms with Crippen LogP contribution >= 0.6 is 22.9 Å². The Morgan fingerprint density at radius 3 is 2.76 bits per heavy atom. The van der Waals surface area contributed by atoms with Crippen molar-refractivity contribution in [3.05, 3.63) is 40.9 Å². The molecule has 0 bridgehead atoms. The number of hydrogen-bond donors (Lipinski definition) is 0. The van der Waals surface area contributed by atoms with E-state index in [1.165, 1.54) is 36.9 Å². The molecule has 0 spiro atoms. The Bertz CT molecular complexity index is 579. The molecular formula is C17H21ClN2S. The van der Waals surface area contributed by atoms with Gasteiger partial charge >= 0.3 is 0 Å². The van der Waals surface area contributed by atoms with Gasteiger partial charge in [0.05, 0.1) is 11.6 Å². The van der Waals surface area contributed by atoms with Crippen molar-refractivity contribution >= 4 is 22.9 Å². The fraction of sp³-hybridized carbons (Fsp3) is 0.471. The molecule has 2 nitrogen and oxygen atoms in total. The molecule has 2 aromatic rings. The standard InChI is InChI=1S/C17H21ClN2S/c1-13-4-2-3-9-20(13)11-14-5-7-15(8-6-14)17-19-16(10-18)12-21-17/h5-8,12-13H,2-4,9-11H2,1H3. The van der Waals surface area contributed by atoms with Crippen LogP contribution in [0.15, 0.2) is 29.6 Å². The maximum atomic E-state index is 5.81. The molecule has 4 heteroatoms. The van der Waals surface area contributed by atoms with E-state index in [-0.39, 0.29) is 0 Å². The average Bonchev–Trinajstić information content (AvgIpc) is 2.99. The molecule has 1 atom stereocenters. The van der Waals surface area contributed by atoms with Crippen LogP contribution in [0.25, 0.3) is 10.6 Å². The van der Waals surface area contributed by atoms with Crippen LogP contribution in [0.4, 0.5) is 0 Å². The smallest absolute Gasteiger partial charge is 0.123 e. The summed E-state index contributed by atoms with van der Waals surface area (Å²) in [6.07, 6.45) is 4.05. The highest BCUT2D eigenvalue weighted by Crippen LogP contribution is 2.25. The first-order chi connectivity index (χ1) is 10.3. The number of hydrogen-bond acceptors (Lipinski definition) is 3. The van der Waals surface area contributed by atoms with Crippen LogP contribution in [0.5, 0.6) is 0 Å². The van der Waals surface area contributed by atoms with Crippen LogP contribution < -0.4 is 0 Å². The zero-order valence-corrected chi connectivity index (χ0v) is 14.0.